The Bertz CT molecular complexity index is 706. The molecule has 2 rings (SSSR count). The summed E-state index contributed by atoms with van der Waals surface area (Å²) < 4.78 is 6.86. The summed E-state index contributed by atoms with van der Waals surface area (Å²) >= 11 is 0. The average Bonchev–Trinajstić information content (AvgIpc) is 3.13. The molecule has 0 radical (unpaired) electrons. The van der Waals surface area contributed by atoms with Crippen molar-refractivity contribution in [1.29, 1.82) is 0 Å². The first-order valence-corrected chi connectivity index (χ1v) is 7.51. The van der Waals surface area contributed by atoms with E-state index in [1.54, 1.807) is 6.07 Å². The zero-order valence-electron chi connectivity index (χ0n) is 13.7. The van der Waals surface area contributed by atoms with Gasteiger partial charge in [-0.15, -0.1) is 0 Å². The second-order valence-corrected chi connectivity index (χ2v) is 5.76. The molecule has 23 heavy (non-hydrogen) atoms. The molecule has 2 aromatic heterocycles. The summed E-state index contributed by atoms with van der Waals surface area (Å²) in [6.07, 6.45) is 4.41. The summed E-state index contributed by atoms with van der Waals surface area (Å²) in [5.41, 5.74) is 0.232. The van der Waals surface area contributed by atoms with Crippen molar-refractivity contribution >= 4 is 17.6 Å². The number of hydrogen-bond acceptors (Lipinski definition) is 4. The van der Waals surface area contributed by atoms with E-state index in [9.17, 15) is 14.7 Å². The Balaban J connectivity index is 2.17. The number of hydrogen-bond donors (Lipinski definition) is 2. The molecule has 7 heteroatoms. The highest BCUT2D eigenvalue weighted by Crippen LogP contribution is 2.20. The largest absolute Gasteiger partial charge is 0.479 e. The zero-order valence-corrected chi connectivity index (χ0v) is 13.7. The molecule has 0 aliphatic heterocycles. The van der Waals surface area contributed by atoms with Gasteiger partial charge in [-0.05, 0) is 31.9 Å². The molecule has 0 aliphatic carbocycles. The van der Waals surface area contributed by atoms with Crippen molar-refractivity contribution in [3.8, 4) is 0 Å². The topological polar surface area (TPSA) is 97.4 Å². The number of carboxylic acids is 1. The Morgan fingerprint density at radius 2 is 2.04 bits per heavy atom. The normalized spacial score (nSPS) is 11.5. The third-order valence-electron chi connectivity index (χ3n) is 3.76. The standard InChI is InChI=1S/C16H21N3O4/c1-5-10-7-13(23-12(10)6-2)14(20)18-11-8-17-19(9-11)16(3,4)15(21)22/h7-9H,5-6H2,1-4H3,(H,18,20)(H,21,22). The van der Waals surface area contributed by atoms with Gasteiger partial charge in [-0.25, -0.2) is 4.79 Å². The third kappa shape index (κ3) is 3.28. The number of anilines is 1. The molecule has 2 heterocycles. The Kier molecular flexibility index (Phi) is 4.58. The maximum absolute atomic E-state index is 12.2. The number of rotatable bonds is 6. The van der Waals surface area contributed by atoms with Gasteiger partial charge >= 0.3 is 5.97 Å². The summed E-state index contributed by atoms with van der Waals surface area (Å²) in [5.74, 6) is -0.346. The van der Waals surface area contributed by atoms with Crippen molar-refractivity contribution in [3.05, 3.63) is 35.5 Å². The number of aryl methyl sites for hydroxylation is 2. The molecule has 1 amide bonds. The highest BCUT2D eigenvalue weighted by Gasteiger charge is 2.30. The molecular weight excluding hydrogens is 298 g/mol. The van der Waals surface area contributed by atoms with Crippen LogP contribution in [0.5, 0.6) is 0 Å². The maximum Gasteiger partial charge on any atom is 0.331 e. The van der Waals surface area contributed by atoms with Crippen molar-refractivity contribution in [1.82, 2.24) is 9.78 Å². The van der Waals surface area contributed by atoms with Gasteiger partial charge in [-0.1, -0.05) is 13.8 Å². The number of aliphatic carboxylic acids is 1. The lowest BCUT2D eigenvalue weighted by Crippen LogP contribution is -2.35. The van der Waals surface area contributed by atoms with Gasteiger partial charge in [0.2, 0.25) is 0 Å². The van der Waals surface area contributed by atoms with Crippen molar-refractivity contribution < 1.29 is 19.1 Å². The highest BCUT2D eigenvalue weighted by molar-refractivity contribution is 6.02. The van der Waals surface area contributed by atoms with Crippen LogP contribution in [0.3, 0.4) is 0 Å². The SMILES string of the molecule is CCc1cc(C(=O)Nc2cnn(C(C)(C)C(=O)O)c2)oc1CC. The third-order valence-corrected chi connectivity index (χ3v) is 3.76. The van der Waals surface area contributed by atoms with E-state index in [1.165, 1.54) is 30.9 Å². The van der Waals surface area contributed by atoms with Crippen LogP contribution >= 0.6 is 0 Å². The maximum atomic E-state index is 12.2. The van der Waals surface area contributed by atoms with E-state index in [-0.39, 0.29) is 11.7 Å². The number of amides is 1. The molecule has 0 atom stereocenters. The number of nitrogens with zero attached hydrogens (tertiary/aromatic N) is 2. The van der Waals surface area contributed by atoms with Crippen molar-refractivity contribution in [2.45, 2.75) is 46.1 Å². The minimum absolute atomic E-state index is 0.240. The number of carboxylic acid groups (broad SMARTS) is 1. The Morgan fingerprint density at radius 1 is 1.35 bits per heavy atom. The molecule has 0 fully saturated rings. The first-order valence-electron chi connectivity index (χ1n) is 7.51. The van der Waals surface area contributed by atoms with Crippen molar-refractivity contribution in [2.75, 3.05) is 5.32 Å². The van der Waals surface area contributed by atoms with Gasteiger partial charge in [-0.2, -0.15) is 5.10 Å². The van der Waals surface area contributed by atoms with Crippen LogP contribution in [0.1, 0.15) is 49.6 Å². The molecule has 0 unspecified atom stereocenters. The predicted octanol–water partition coefficient (Wildman–Crippen LogP) is 2.67. The van der Waals surface area contributed by atoms with E-state index in [0.29, 0.717) is 5.69 Å². The van der Waals surface area contributed by atoms with Gasteiger partial charge in [-0.3, -0.25) is 9.48 Å². The molecule has 2 N–H and O–H groups in total. The predicted molar refractivity (Wildman–Crippen MR) is 84.6 cm³/mol. The molecule has 0 saturated carbocycles. The molecule has 0 spiro atoms. The molecule has 0 bridgehead atoms. The lowest BCUT2D eigenvalue weighted by Gasteiger charge is -2.19. The number of furan rings is 1. The smallest absolute Gasteiger partial charge is 0.331 e. The zero-order chi connectivity index (χ0) is 17.2. The minimum Gasteiger partial charge on any atom is -0.479 e. The van der Waals surface area contributed by atoms with E-state index in [1.807, 2.05) is 13.8 Å². The van der Waals surface area contributed by atoms with Crippen molar-refractivity contribution in [3.63, 3.8) is 0 Å². The fourth-order valence-corrected chi connectivity index (χ4v) is 2.16. The summed E-state index contributed by atoms with van der Waals surface area (Å²) in [6.45, 7) is 7.03. The Labute approximate surface area is 134 Å². The van der Waals surface area contributed by atoms with E-state index >= 15 is 0 Å². The Morgan fingerprint density at radius 3 is 2.57 bits per heavy atom. The molecular formula is C16H21N3O4. The van der Waals surface area contributed by atoms with Gasteiger partial charge in [0.1, 0.15) is 5.76 Å². The second-order valence-electron chi connectivity index (χ2n) is 5.76. The molecule has 7 nitrogen and oxygen atoms in total. The Hall–Kier alpha value is -2.57. The van der Waals surface area contributed by atoms with Crippen molar-refractivity contribution in [2.24, 2.45) is 0 Å². The highest BCUT2D eigenvalue weighted by atomic mass is 16.4. The van der Waals surface area contributed by atoms with Crippen LogP contribution in [0, 0.1) is 0 Å². The van der Waals surface area contributed by atoms with E-state index in [2.05, 4.69) is 10.4 Å². The summed E-state index contributed by atoms with van der Waals surface area (Å²) in [6, 6.07) is 1.74. The van der Waals surface area contributed by atoms with Crippen LogP contribution in [-0.2, 0) is 23.2 Å². The summed E-state index contributed by atoms with van der Waals surface area (Å²) in [4.78, 5) is 23.5. The minimum atomic E-state index is -1.20. The fourth-order valence-electron chi connectivity index (χ4n) is 2.16. The van der Waals surface area contributed by atoms with Crippen LogP contribution < -0.4 is 5.32 Å². The quantitative estimate of drug-likeness (QED) is 0.853. The number of nitrogens with one attached hydrogen (secondary N) is 1. The van der Waals surface area contributed by atoms with Crippen LogP contribution in [-0.4, -0.2) is 26.8 Å². The number of carbonyl (C=O) groups is 2. The van der Waals surface area contributed by atoms with E-state index in [0.717, 1.165) is 24.2 Å². The number of aromatic nitrogens is 2. The fraction of sp³-hybridized carbons (Fsp3) is 0.438. The van der Waals surface area contributed by atoms with Crippen LogP contribution in [0.15, 0.2) is 22.9 Å². The van der Waals surface area contributed by atoms with Gasteiger partial charge in [0, 0.05) is 12.6 Å². The molecule has 0 saturated heterocycles. The van der Waals surface area contributed by atoms with Gasteiger partial charge in [0.25, 0.3) is 5.91 Å². The lowest BCUT2D eigenvalue weighted by molar-refractivity contribution is -0.146. The van der Waals surface area contributed by atoms with Gasteiger partial charge in [0.15, 0.2) is 11.3 Å². The van der Waals surface area contributed by atoms with Gasteiger partial charge < -0.3 is 14.8 Å². The average molecular weight is 319 g/mol. The molecule has 0 aromatic carbocycles. The first-order chi connectivity index (χ1) is 10.8. The summed E-state index contributed by atoms with van der Waals surface area (Å²) in [7, 11) is 0. The number of carbonyl (C=O) groups excluding carboxylic acids is 1. The van der Waals surface area contributed by atoms with Crippen LogP contribution in [0.2, 0.25) is 0 Å². The van der Waals surface area contributed by atoms with E-state index in [4.69, 9.17) is 4.42 Å². The molecule has 0 aliphatic rings. The van der Waals surface area contributed by atoms with Gasteiger partial charge in [0.05, 0.1) is 11.9 Å². The molecule has 124 valence electrons. The lowest BCUT2D eigenvalue weighted by atomic mass is 10.1. The monoisotopic (exact) mass is 319 g/mol. The first kappa shape index (κ1) is 16.8. The second kappa shape index (κ2) is 6.28. The molecule has 2 aromatic rings. The van der Waals surface area contributed by atoms with Crippen LogP contribution in [0.4, 0.5) is 5.69 Å². The van der Waals surface area contributed by atoms with Crippen LogP contribution in [0.25, 0.3) is 0 Å². The van der Waals surface area contributed by atoms with E-state index < -0.39 is 11.5 Å². The summed E-state index contributed by atoms with van der Waals surface area (Å²) in [5, 5.41) is 15.9.